The highest BCUT2D eigenvalue weighted by Gasteiger charge is 2.20. The maximum Gasteiger partial charge on any atom is 0.222 e. The number of hydrogen-bond donors (Lipinski definition) is 1. The Morgan fingerprint density at radius 1 is 1.37 bits per heavy atom. The van der Waals surface area contributed by atoms with Crippen molar-refractivity contribution in [3.63, 3.8) is 0 Å². The number of carbonyl (C=O) groups excluding carboxylic acids is 1. The lowest BCUT2D eigenvalue weighted by atomic mass is 9.99. The molecule has 1 heterocycles. The van der Waals surface area contributed by atoms with Crippen LogP contribution in [0, 0.1) is 5.92 Å². The van der Waals surface area contributed by atoms with Crippen molar-refractivity contribution in [1.29, 1.82) is 0 Å². The Bertz CT molecular complexity index is 413. The monoisotopic (exact) mass is 260 g/mol. The first-order chi connectivity index (χ1) is 9.15. The molecule has 0 bridgehead atoms. The molecule has 1 aliphatic heterocycles. The van der Waals surface area contributed by atoms with Gasteiger partial charge in [0.25, 0.3) is 0 Å². The molecular weight excluding hydrogens is 236 g/mol. The molecule has 0 spiro atoms. The second kappa shape index (κ2) is 6.60. The molecule has 1 amide bonds. The van der Waals surface area contributed by atoms with Crippen LogP contribution in [0.1, 0.15) is 38.2 Å². The molecule has 3 nitrogen and oxygen atoms in total. The van der Waals surface area contributed by atoms with E-state index in [0.717, 1.165) is 38.0 Å². The summed E-state index contributed by atoms with van der Waals surface area (Å²) >= 11 is 0. The van der Waals surface area contributed by atoms with E-state index in [-0.39, 0.29) is 0 Å². The summed E-state index contributed by atoms with van der Waals surface area (Å²) < 4.78 is 0. The topological polar surface area (TPSA) is 46.3 Å². The van der Waals surface area contributed by atoms with Crippen LogP contribution in [0.25, 0.3) is 0 Å². The molecule has 3 heteroatoms. The van der Waals surface area contributed by atoms with Gasteiger partial charge in [-0.15, -0.1) is 0 Å². The third-order valence-corrected chi connectivity index (χ3v) is 3.85. The van der Waals surface area contributed by atoms with Gasteiger partial charge in [-0.3, -0.25) is 4.79 Å². The number of nitrogen functional groups attached to an aromatic ring is 1. The molecule has 1 aliphatic rings. The number of amides is 1. The molecule has 0 aliphatic carbocycles. The number of hydrogen-bond acceptors (Lipinski definition) is 2. The number of carbonyl (C=O) groups is 1. The van der Waals surface area contributed by atoms with Gasteiger partial charge in [0.1, 0.15) is 0 Å². The van der Waals surface area contributed by atoms with Gasteiger partial charge < -0.3 is 10.6 Å². The first-order valence-corrected chi connectivity index (χ1v) is 7.27. The van der Waals surface area contributed by atoms with E-state index in [9.17, 15) is 4.79 Å². The Kier molecular flexibility index (Phi) is 4.83. The predicted octanol–water partition coefficient (Wildman–Crippen LogP) is 2.85. The van der Waals surface area contributed by atoms with E-state index in [2.05, 4.69) is 6.92 Å². The minimum absolute atomic E-state index is 0.321. The largest absolute Gasteiger partial charge is 0.399 e. The van der Waals surface area contributed by atoms with Crippen LogP contribution in [-0.2, 0) is 11.2 Å². The van der Waals surface area contributed by atoms with Crippen molar-refractivity contribution < 1.29 is 4.79 Å². The standard InChI is InChI=1S/C16H24N2O/c1-13-4-3-11-18(12-13)16(19)6-2-5-14-7-9-15(17)10-8-14/h7-10,13H,2-6,11-12,17H2,1H3. The SMILES string of the molecule is CC1CCCN(C(=O)CCCc2ccc(N)cc2)C1. The van der Waals surface area contributed by atoms with Crippen LogP contribution in [0.5, 0.6) is 0 Å². The summed E-state index contributed by atoms with van der Waals surface area (Å²) in [5.74, 6) is 0.983. The molecule has 104 valence electrons. The summed E-state index contributed by atoms with van der Waals surface area (Å²) in [6.07, 6.45) is 4.96. The molecule has 1 aromatic rings. The fourth-order valence-electron chi connectivity index (χ4n) is 2.70. The summed E-state index contributed by atoms with van der Waals surface area (Å²) in [6.45, 7) is 4.12. The number of aryl methyl sites for hydroxylation is 1. The van der Waals surface area contributed by atoms with Crippen molar-refractivity contribution in [3.05, 3.63) is 29.8 Å². The van der Waals surface area contributed by atoms with Crippen LogP contribution < -0.4 is 5.73 Å². The Hall–Kier alpha value is -1.51. The zero-order chi connectivity index (χ0) is 13.7. The second-order valence-electron chi connectivity index (χ2n) is 5.68. The Labute approximate surface area is 115 Å². The third-order valence-electron chi connectivity index (χ3n) is 3.85. The molecule has 2 rings (SSSR count). The lowest BCUT2D eigenvalue weighted by Gasteiger charge is -2.31. The summed E-state index contributed by atoms with van der Waals surface area (Å²) in [5.41, 5.74) is 7.71. The van der Waals surface area contributed by atoms with Crippen LogP contribution in [0.3, 0.4) is 0 Å². The lowest BCUT2D eigenvalue weighted by Crippen LogP contribution is -2.38. The number of piperidine rings is 1. The van der Waals surface area contributed by atoms with E-state index in [1.807, 2.05) is 29.2 Å². The van der Waals surface area contributed by atoms with Gasteiger partial charge in [0.2, 0.25) is 5.91 Å². The minimum atomic E-state index is 0.321. The van der Waals surface area contributed by atoms with E-state index in [1.54, 1.807) is 0 Å². The van der Waals surface area contributed by atoms with E-state index in [0.29, 0.717) is 18.2 Å². The smallest absolute Gasteiger partial charge is 0.222 e. The van der Waals surface area contributed by atoms with Crippen molar-refractivity contribution in [3.8, 4) is 0 Å². The Morgan fingerprint density at radius 2 is 2.11 bits per heavy atom. The number of nitrogens with two attached hydrogens (primary N) is 1. The highest BCUT2D eigenvalue weighted by molar-refractivity contribution is 5.76. The predicted molar refractivity (Wildman–Crippen MR) is 78.8 cm³/mol. The normalized spacial score (nSPS) is 19.4. The first-order valence-electron chi connectivity index (χ1n) is 7.27. The van der Waals surface area contributed by atoms with Crippen LogP contribution in [0.2, 0.25) is 0 Å². The zero-order valence-corrected chi connectivity index (χ0v) is 11.8. The number of rotatable bonds is 4. The summed E-state index contributed by atoms with van der Waals surface area (Å²) in [5, 5.41) is 0. The van der Waals surface area contributed by atoms with Gasteiger partial charge in [-0.2, -0.15) is 0 Å². The third kappa shape index (κ3) is 4.27. The van der Waals surface area contributed by atoms with E-state index < -0.39 is 0 Å². The number of benzene rings is 1. The Balaban J connectivity index is 1.73. The highest BCUT2D eigenvalue weighted by atomic mass is 16.2. The lowest BCUT2D eigenvalue weighted by molar-refractivity contribution is -0.132. The van der Waals surface area contributed by atoms with Gasteiger partial charge in [0, 0.05) is 25.2 Å². The van der Waals surface area contributed by atoms with E-state index in [4.69, 9.17) is 5.73 Å². The zero-order valence-electron chi connectivity index (χ0n) is 11.8. The summed E-state index contributed by atoms with van der Waals surface area (Å²) in [6, 6.07) is 7.93. The number of anilines is 1. The molecule has 2 N–H and O–H groups in total. The molecule has 0 aromatic heterocycles. The molecule has 1 fully saturated rings. The molecule has 19 heavy (non-hydrogen) atoms. The quantitative estimate of drug-likeness (QED) is 0.846. The molecule has 0 radical (unpaired) electrons. The first kappa shape index (κ1) is 13.9. The summed E-state index contributed by atoms with van der Waals surface area (Å²) in [4.78, 5) is 14.1. The molecule has 1 saturated heterocycles. The minimum Gasteiger partial charge on any atom is -0.399 e. The van der Waals surface area contributed by atoms with Crippen molar-refractivity contribution in [2.75, 3.05) is 18.8 Å². The highest BCUT2D eigenvalue weighted by Crippen LogP contribution is 2.17. The van der Waals surface area contributed by atoms with Gasteiger partial charge in [-0.25, -0.2) is 0 Å². The van der Waals surface area contributed by atoms with Gasteiger partial charge in [-0.05, 0) is 49.3 Å². The van der Waals surface area contributed by atoms with Gasteiger partial charge in [-0.1, -0.05) is 19.1 Å². The van der Waals surface area contributed by atoms with Gasteiger partial charge in [0.05, 0.1) is 0 Å². The van der Waals surface area contributed by atoms with Crippen LogP contribution in [0.4, 0.5) is 5.69 Å². The maximum atomic E-state index is 12.1. The molecule has 1 aromatic carbocycles. The van der Waals surface area contributed by atoms with Gasteiger partial charge >= 0.3 is 0 Å². The summed E-state index contributed by atoms with van der Waals surface area (Å²) in [7, 11) is 0. The molecule has 1 unspecified atom stereocenters. The van der Waals surface area contributed by atoms with Crippen LogP contribution in [0.15, 0.2) is 24.3 Å². The maximum absolute atomic E-state index is 12.1. The van der Waals surface area contributed by atoms with Crippen molar-refractivity contribution in [2.45, 2.75) is 39.0 Å². The average molecular weight is 260 g/mol. The second-order valence-corrected chi connectivity index (χ2v) is 5.68. The van der Waals surface area contributed by atoms with Crippen LogP contribution in [-0.4, -0.2) is 23.9 Å². The fraction of sp³-hybridized carbons (Fsp3) is 0.562. The fourth-order valence-corrected chi connectivity index (χ4v) is 2.70. The van der Waals surface area contributed by atoms with Crippen molar-refractivity contribution in [1.82, 2.24) is 4.90 Å². The Morgan fingerprint density at radius 3 is 2.79 bits per heavy atom. The van der Waals surface area contributed by atoms with Crippen molar-refractivity contribution in [2.24, 2.45) is 5.92 Å². The van der Waals surface area contributed by atoms with E-state index >= 15 is 0 Å². The molecular formula is C16H24N2O. The average Bonchev–Trinajstić information content (AvgIpc) is 2.41. The van der Waals surface area contributed by atoms with E-state index in [1.165, 1.54) is 12.0 Å². The van der Waals surface area contributed by atoms with Crippen LogP contribution >= 0.6 is 0 Å². The molecule has 1 atom stereocenters. The number of likely N-dealkylation sites (tertiary alicyclic amines) is 1. The van der Waals surface area contributed by atoms with Gasteiger partial charge in [0.15, 0.2) is 0 Å². The molecule has 0 saturated carbocycles. The van der Waals surface area contributed by atoms with Crippen molar-refractivity contribution >= 4 is 11.6 Å². The number of nitrogens with zero attached hydrogens (tertiary/aromatic N) is 1.